The Hall–Kier alpha value is -3.05. The molecular weight excluding hydrogens is 362 g/mol. The number of carbonyl (C=O) groups excluding carboxylic acids is 1. The van der Waals surface area contributed by atoms with E-state index in [9.17, 15) is 4.79 Å². The fourth-order valence-corrected chi connectivity index (χ4v) is 2.77. The summed E-state index contributed by atoms with van der Waals surface area (Å²) in [7, 11) is 1.67. The summed E-state index contributed by atoms with van der Waals surface area (Å²) in [6, 6.07) is 18.4. The van der Waals surface area contributed by atoms with Gasteiger partial charge in [0.05, 0.1) is 7.11 Å². The van der Waals surface area contributed by atoms with Crippen molar-refractivity contribution in [3.05, 3.63) is 83.1 Å². The van der Waals surface area contributed by atoms with Crippen LogP contribution in [0.25, 0.3) is 0 Å². The maximum atomic E-state index is 12.4. The van der Waals surface area contributed by atoms with E-state index in [0.29, 0.717) is 22.9 Å². The van der Waals surface area contributed by atoms with Gasteiger partial charge < -0.3 is 15.4 Å². The summed E-state index contributed by atoms with van der Waals surface area (Å²) in [6.45, 7) is 0.711. The molecule has 0 aliphatic rings. The molecule has 0 saturated heterocycles. The van der Waals surface area contributed by atoms with E-state index >= 15 is 0 Å². The van der Waals surface area contributed by atoms with Gasteiger partial charge in [-0.05, 0) is 54.4 Å². The van der Waals surface area contributed by atoms with Crippen LogP contribution in [0.3, 0.4) is 0 Å². The zero-order valence-corrected chi connectivity index (χ0v) is 15.7. The summed E-state index contributed by atoms with van der Waals surface area (Å²) in [5.41, 5.74) is 2.97. The number of rotatable bonds is 7. The highest BCUT2D eigenvalue weighted by Crippen LogP contribution is 2.18. The smallest absolute Gasteiger partial charge is 0.274 e. The number of para-hydroxylation sites is 1. The predicted molar refractivity (Wildman–Crippen MR) is 109 cm³/mol. The molecule has 0 bridgehead atoms. The molecule has 1 amide bonds. The van der Waals surface area contributed by atoms with Crippen LogP contribution in [0.15, 0.2) is 66.9 Å². The molecule has 0 atom stereocenters. The van der Waals surface area contributed by atoms with Crippen molar-refractivity contribution in [1.82, 2.24) is 4.98 Å². The van der Waals surface area contributed by atoms with Gasteiger partial charge in [0.2, 0.25) is 0 Å². The van der Waals surface area contributed by atoms with Crippen LogP contribution in [0.4, 0.5) is 11.4 Å². The Morgan fingerprint density at radius 1 is 1.07 bits per heavy atom. The molecule has 2 aromatic carbocycles. The molecule has 0 fully saturated rings. The Labute approximate surface area is 163 Å². The minimum atomic E-state index is -0.272. The molecule has 0 unspecified atom stereocenters. The molecule has 6 heteroatoms. The number of anilines is 2. The van der Waals surface area contributed by atoms with Crippen LogP contribution in [0.5, 0.6) is 5.75 Å². The summed E-state index contributed by atoms with van der Waals surface area (Å²) >= 11 is 5.86. The van der Waals surface area contributed by atoms with Crippen molar-refractivity contribution < 1.29 is 9.53 Å². The highest BCUT2D eigenvalue weighted by Gasteiger charge is 2.09. The molecule has 1 aromatic heterocycles. The van der Waals surface area contributed by atoms with Gasteiger partial charge in [0.1, 0.15) is 11.4 Å². The highest BCUT2D eigenvalue weighted by molar-refractivity contribution is 6.30. The molecule has 0 aliphatic heterocycles. The number of benzene rings is 2. The monoisotopic (exact) mass is 381 g/mol. The van der Waals surface area contributed by atoms with Crippen LogP contribution in [-0.2, 0) is 6.42 Å². The summed E-state index contributed by atoms with van der Waals surface area (Å²) in [5.74, 6) is 0.600. The number of hydrogen-bond acceptors (Lipinski definition) is 4. The second-order valence-corrected chi connectivity index (χ2v) is 6.32. The number of amides is 1. The SMILES string of the molecule is COc1ccccc1CCNc1ccnc(C(=O)Nc2ccc(Cl)cc2)c1. The third-order valence-corrected chi connectivity index (χ3v) is 4.26. The van der Waals surface area contributed by atoms with E-state index in [0.717, 1.165) is 23.4 Å². The van der Waals surface area contributed by atoms with Gasteiger partial charge in [-0.25, -0.2) is 0 Å². The van der Waals surface area contributed by atoms with Gasteiger partial charge in [0.15, 0.2) is 0 Å². The first-order valence-corrected chi connectivity index (χ1v) is 8.92. The lowest BCUT2D eigenvalue weighted by atomic mass is 10.1. The molecule has 0 saturated carbocycles. The number of nitrogens with zero attached hydrogens (tertiary/aromatic N) is 1. The highest BCUT2D eigenvalue weighted by atomic mass is 35.5. The third kappa shape index (κ3) is 5.21. The van der Waals surface area contributed by atoms with Crippen LogP contribution in [0.1, 0.15) is 16.1 Å². The summed E-state index contributed by atoms with van der Waals surface area (Å²) in [6.07, 6.45) is 2.42. The van der Waals surface area contributed by atoms with Crippen molar-refractivity contribution in [2.45, 2.75) is 6.42 Å². The van der Waals surface area contributed by atoms with Gasteiger partial charge in [-0.2, -0.15) is 0 Å². The van der Waals surface area contributed by atoms with Gasteiger partial charge in [0.25, 0.3) is 5.91 Å². The van der Waals surface area contributed by atoms with Crippen molar-refractivity contribution in [2.75, 3.05) is 24.3 Å². The van der Waals surface area contributed by atoms with Crippen molar-refractivity contribution in [3.8, 4) is 5.75 Å². The van der Waals surface area contributed by atoms with Gasteiger partial charge in [-0.15, -0.1) is 0 Å². The molecule has 3 rings (SSSR count). The van der Waals surface area contributed by atoms with Crippen LogP contribution in [-0.4, -0.2) is 24.5 Å². The van der Waals surface area contributed by atoms with Gasteiger partial charge in [-0.1, -0.05) is 29.8 Å². The Bertz CT molecular complexity index is 913. The zero-order valence-electron chi connectivity index (χ0n) is 14.9. The maximum Gasteiger partial charge on any atom is 0.274 e. The molecule has 27 heavy (non-hydrogen) atoms. The van der Waals surface area contributed by atoms with E-state index in [-0.39, 0.29) is 5.91 Å². The number of ether oxygens (including phenoxy) is 1. The Morgan fingerprint density at radius 2 is 1.85 bits per heavy atom. The number of aromatic nitrogens is 1. The minimum Gasteiger partial charge on any atom is -0.496 e. The lowest BCUT2D eigenvalue weighted by Gasteiger charge is -2.10. The van der Waals surface area contributed by atoms with Crippen LogP contribution >= 0.6 is 11.6 Å². The first-order chi connectivity index (χ1) is 13.2. The van der Waals surface area contributed by atoms with E-state index < -0.39 is 0 Å². The molecule has 2 N–H and O–H groups in total. The number of pyridine rings is 1. The number of hydrogen-bond donors (Lipinski definition) is 2. The van der Waals surface area contributed by atoms with E-state index in [4.69, 9.17) is 16.3 Å². The van der Waals surface area contributed by atoms with Crippen LogP contribution in [0, 0.1) is 0 Å². The second-order valence-electron chi connectivity index (χ2n) is 5.88. The average Bonchev–Trinajstić information content (AvgIpc) is 2.70. The Kier molecular flexibility index (Phi) is 6.28. The van der Waals surface area contributed by atoms with Crippen molar-refractivity contribution >= 4 is 28.9 Å². The molecule has 5 nitrogen and oxygen atoms in total. The molecular formula is C21H20ClN3O2. The quantitative estimate of drug-likeness (QED) is 0.625. The van der Waals surface area contributed by atoms with E-state index in [2.05, 4.69) is 15.6 Å². The number of halogens is 1. The predicted octanol–water partition coefficient (Wildman–Crippen LogP) is 4.65. The van der Waals surface area contributed by atoms with Gasteiger partial charge >= 0.3 is 0 Å². The fraction of sp³-hybridized carbons (Fsp3) is 0.143. The van der Waals surface area contributed by atoms with Crippen LogP contribution in [0.2, 0.25) is 5.02 Å². The Morgan fingerprint density at radius 3 is 2.63 bits per heavy atom. The largest absolute Gasteiger partial charge is 0.496 e. The Balaban J connectivity index is 1.59. The minimum absolute atomic E-state index is 0.272. The lowest BCUT2D eigenvalue weighted by molar-refractivity contribution is 0.102. The lowest BCUT2D eigenvalue weighted by Crippen LogP contribution is -2.14. The number of methoxy groups -OCH3 is 1. The first kappa shape index (κ1) is 18.7. The van der Waals surface area contributed by atoms with Gasteiger partial charge in [0, 0.05) is 29.1 Å². The molecule has 1 heterocycles. The third-order valence-electron chi connectivity index (χ3n) is 4.01. The topological polar surface area (TPSA) is 63.2 Å². The van der Waals surface area contributed by atoms with Crippen LogP contribution < -0.4 is 15.4 Å². The van der Waals surface area contributed by atoms with Gasteiger partial charge in [-0.3, -0.25) is 9.78 Å². The molecule has 0 aliphatic carbocycles. The standard InChI is InChI=1S/C21H20ClN3O2/c1-27-20-5-3-2-4-15(20)10-12-23-18-11-13-24-19(14-18)21(26)25-17-8-6-16(22)7-9-17/h2-9,11,13-14H,10,12H2,1H3,(H,23,24)(H,25,26). The maximum absolute atomic E-state index is 12.4. The fourth-order valence-electron chi connectivity index (χ4n) is 2.64. The molecule has 0 spiro atoms. The molecule has 3 aromatic rings. The van der Waals surface area contributed by atoms with Crippen molar-refractivity contribution in [2.24, 2.45) is 0 Å². The first-order valence-electron chi connectivity index (χ1n) is 8.54. The summed E-state index contributed by atoms with van der Waals surface area (Å²) in [4.78, 5) is 16.5. The van der Waals surface area contributed by atoms with E-state index in [1.807, 2.05) is 30.3 Å². The van der Waals surface area contributed by atoms with E-state index in [1.165, 1.54) is 0 Å². The van der Waals surface area contributed by atoms with E-state index in [1.54, 1.807) is 43.6 Å². The average molecular weight is 382 g/mol. The van der Waals surface area contributed by atoms with Crippen molar-refractivity contribution in [3.63, 3.8) is 0 Å². The number of nitrogens with one attached hydrogen (secondary N) is 2. The number of carbonyl (C=O) groups is 1. The normalized spacial score (nSPS) is 10.3. The summed E-state index contributed by atoms with van der Waals surface area (Å²) in [5, 5.41) is 6.74. The zero-order chi connectivity index (χ0) is 19.1. The molecule has 0 radical (unpaired) electrons. The summed E-state index contributed by atoms with van der Waals surface area (Å²) < 4.78 is 5.36. The molecule has 138 valence electrons. The van der Waals surface area contributed by atoms with Crippen molar-refractivity contribution in [1.29, 1.82) is 0 Å². The second kappa shape index (κ2) is 9.05.